The number of hydrogen-bond acceptors (Lipinski definition) is 4. The summed E-state index contributed by atoms with van der Waals surface area (Å²) in [6.45, 7) is 3.61. The zero-order chi connectivity index (χ0) is 11.2. The Labute approximate surface area is 96.8 Å². The molecule has 0 atom stereocenters. The molecule has 1 saturated carbocycles. The van der Waals surface area contributed by atoms with Crippen molar-refractivity contribution in [3.63, 3.8) is 0 Å². The summed E-state index contributed by atoms with van der Waals surface area (Å²) >= 11 is 0. The fraction of sp³-hybridized carbons (Fsp3) is 0.833. The lowest BCUT2D eigenvalue weighted by atomic mass is 9.87. The summed E-state index contributed by atoms with van der Waals surface area (Å²) in [5, 5.41) is 7.13. The predicted octanol–water partition coefficient (Wildman–Crippen LogP) is 2.44. The van der Waals surface area contributed by atoms with Crippen LogP contribution in [0.3, 0.4) is 0 Å². The van der Waals surface area contributed by atoms with Crippen LogP contribution in [-0.2, 0) is 6.54 Å². The van der Waals surface area contributed by atoms with E-state index >= 15 is 0 Å². The highest BCUT2D eigenvalue weighted by Gasteiger charge is 2.12. The number of aryl methyl sites for hydroxylation is 1. The molecule has 1 heterocycles. The maximum Gasteiger partial charge on any atom is 0.240 e. The van der Waals surface area contributed by atoms with Gasteiger partial charge < -0.3 is 9.84 Å². The highest BCUT2D eigenvalue weighted by Crippen LogP contribution is 2.25. The van der Waals surface area contributed by atoms with Crippen molar-refractivity contribution in [3.8, 4) is 0 Å². The van der Waals surface area contributed by atoms with E-state index in [4.69, 9.17) is 4.52 Å². The van der Waals surface area contributed by atoms with Gasteiger partial charge in [-0.15, -0.1) is 0 Å². The van der Waals surface area contributed by atoms with E-state index in [-0.39, 0.29) is 0 Å². The minimum absolute atomic E-state index is 0.696. The van der Waals surface area contributed by atoms with Gasteiger partial charge in [-0.25, -0.2) is 0 Å². The number of hydrogen-bond donors (Lipinski definition) is 1. The van der Waals surface area contributed by atoms with Crippen LogP contribution >= 0.6 is 0 Å². The van der Waals surface area contributed by atoms with Gasteiger partial charge in [0.15, 0.2) is 5.82 Å². The van der Waals surface area contributed by atoms with Crippen LogP contribution in [0.1, 0.15) is 50.2 Å². The Kier molecular flexibility index (Phi) is 4.34. The van der Waals surface area contributed by atoms with Gasteiger partial charge in [0.2, 0.25) is 5.89 Å². The molecule has 4 nitrogen and oxygen atoms in total. The highest BCUT2D eigenvalue weighted by molar-refractivity contribution is 4.81. The molecule has 0 bridgehead atoms. The van der Waals surface area contributed by atoms with E-state index in [0.717, 1.165) is 12.5 Å². The van der Waals surface area contributed by atoms with Crippen LogP contribution in [0.15, 0.2) is 4.52 Å². The third-order valence-corrected chi connectivity index (χ3v) is 3.30. The fourth-order valence-electron chi connectivity index (χ4n) is 2.39. The van der Waals surface area contributed by atoms with Gasteiger partial charge in [-0.05, 0) is 25.8 Å². The molecule has 0 aliphatic heterocycles. The summed E-state index contributed by atoms with van der Waals surface area (Å²) in [7, 11) is 0. The molecule has 1 aromatic heterocycles. The molecule has 0 unspecified atom stereocenters. The zero-order valence-corrected chi connectivity index (χ0v) is 10.0. The van der Waals surface area contributed by atoms with Gasteiger partial charge in [-0.1, -0.05) is 37.3 Å². The number of aromatic nitrogens is 2. The van der Waals surface area contributed by atoms with Gasteiger partial charge in [-0.2, -0.15) is 4.98 Å². The Balaban J connectivity index is 1.57. The standard InChI is InChI=1S/C12H21N3O/c1-10-14-12(16-15-10)9-13-8-7-11-5-3-2-4-6-11/h11,13H,2-9H2,1H3. The molecule has 0 saturated heterocycles. The summed E-state index contributed by atoms with van der Waals surface area (Å²) in [6, 6.07) is 0. The maximum absolute atomic E-state index is 5.03. The smallest absolute Gasteiger partial charge is 0.240 e. The summed E-state index contributed by atoms with van der Waals surface area (Å²) in [5.41, 5.74) is 0. The lowest BCUT2D eigenvalue weighted by Gasteiger charge is -2.21. The number of nitrogens with one attached hydrogen (secondary N) is 1. The first-order valence-corrected chi connectivity index (χ1v) is 6.34. The molecule has 1 N–H and O–H groups in total. The lowest BCUT2D eigenvalue weighted by molar-refractivity contribution is 0.325. The number of nitrogens with zero attached hydrogens (tertiary/aromatic N) is 2. The van der Waals surface area contributed by atoms with Crippen LogP contribution in [0.4, 0.5) is 0 Å². The second-order valence-corrected chi connectivity index (χ2v) is 4.70. The molecule has 4 heteroatoms. The van der Waals surface area contributed by atoms with Crippen LogP contribution in [0.25, 0.3) is 0 Å². The first kappa shape index (κ1) is 11.6. The molecular weight excluding hydrogens is 202 g/mol. The molecular formula is C12H21N3O. The molecule has 1 aromatic rings. The second-order valence-electron chi connectivity index (χ2n) is 4.70. The summed E-state index contributed by atoms with van der Waals surface area (Å²) in [6.07, 6.45) is 8.40. The molecule has 1 fully saturated rings. The predicted molar refractivity (Wildman–Crippen MR) is 61.9 cm³/mol. The molecule has 90 valence electrons. The minimum Gasteiger partial charge on any atom is -0.338 e. The maximum atomic E-state index is 5.03. The second kappa shape index (κ2) is 5.99. The van der Waals surface area contributed by atoms with Gasteiger partial charge in [0.25, 0.3) is 0 Å². The monoisotopic (exact) mass is 223 g/mol. The van der Waals surface area contributed by atoms with Gasteiger partial charge in [0.05, 0.1) is 6.54 Å². The minimum atomic E-state index is 0.696. The Hall–Kier alpha value is -0.900. The van der Waals surface area contributed by atoms with Crippen molar-refractivity contribution in [3.05, 3.63) is 11.7 Å². The summed E-state index contributed by atoms with van der Waals surface area (Å²) in [5.74, 6) is 2.34. The molecule has 0 aromatic carbocycles. The average molecular weight is 223 g/mol. The number of rotatable bonds is 5. The van der Waals surface area contributed by atoms with Crippen molar-refractivity contribution in [2.45, 2.75) is 52.0 Å². The molecule has 1 aliphatic carbocycles. The quantitative estimate of drug-likeness (QED) is 0.779. The molecule has 0 amide bonds. The van der Waals surface area contributed by atoms with Crippen molar-refractivity contribution in [1.29, 1.82) is 0 Å². The van der Waals surface area contributed by atoms with Crippen molar-refractivity contribution in [2.75, 3.05) is 6.54 Å². The van der Waals surface area contributed by atoms with Gasteiger partial charge in [0.1, 0.15) is 0 Å². The first-order chi connectivity index (χ1) is 7.84. The van der Waals surface area contributed by atoms with Gasteiger partial charge in [0, 0.05) is 0 Å². The fourth-order valence-corrected chi connectivity index (χ4v) is 2.39. The van der Waals surface area contributed by atoms with Crippen LogP contribution in [0.2, 0.25) is 0 Å². The summed E-state index contributed by atoms with van der Waals surface area (Å²) in [4.78, 5) is 4.15. The van der Waals surface area contributed by atoms with E-state index in [2.05, 4.69) is 15.5 Å². The third-order valence-electron chi connectivity index (χ3n) is 3.30. The molecule has 1 aliphatic rings. The van der Waals surface area contributed by atoms with E-state index < -0.39 is 0 Å². The first-order valence-electron chi connectivity index (χ1n) is 6.34. The van der Waals surface area contributed by atoms with E-state index in [9.17, 15) is 0 Å². The largest absolute Gasteiger partial charge is 0.338 e. The van der Waals surface area contributed by atoms with Crippen molar-refractivity contribution in [2.24, 2.45) is 5.92 Å². The zero-order valence-electron chi connectivity index (χ0n) is 10.0. The van der Waals surface area contributed by atoms with Crippen molar-refractivity contribution in [1.82, 2.24) is 15.5 Å². The molecule has 0 radical (unpaired) electrons. The van der Waals surface area contributed by atoms with Crippen LogP contribution in [-0.4, -0.2) is 16.7 Å². The van der Waals surface area contributed by atoms with Crippen LogP contribution in [0, 0.1) is 12.8 Å². The Morgan fingerprint density at radius 2 is 2.12 bits per heavy atom. The third kappa shape index (κ3) is 3.59. The van der Waals surface area contributed by atoms with Crippen molar-refractivity contribution >= 4 is 0 Å². The Morgan fingerprint density at radius 1 is 1.31 bits per heavy atom. The molecule has 2 rings (SSSR count). The average Bonchev–Trinajstić information content (AvgIpc) is 2.72. The summed E-state index contributed by atoms with van der Waals surface area (Å²) < 4.78 is 5.03. The lowest BCUT2D eigenvalue weighted by Crippen LogP contribution is -2.19. The molecule has 16 heavy (non-hydrogen) atoms. The van der Waals surface area contributed by atoms with Crippen molar-refractivity contribution < 1.29 is 4.52 Å². The SMILES string of the molecule is Cc1noc(CNCCC2CCCCC2)n1. The van der Waals surface area contributed by atoms with Gasteiger partial charge >= 0.3 is 0 Å². The topological polar surface area (TPSA) is 51.0 Å². The Bertz CT molecular complexity index is 305. The molecule has 0 spiro atoms. The van der Waals surface area contributed by atoms with Crippen LogP contribution in [0.5, 0.6) is 0 Å². The van der Waals surface area contributed by atoms with E-state index in [0.29, 0.717) is 18.3 Å². The van der Waals surface area contributed by atoms with E-state index in [1.807, 2.05) is 6.92 Å². The normalized spacial score (nSPS) is 17.8. The van der Waals surface area contributed by atoms with Crippen LogP contribution < -0.4 is 5.32 Å². The Morgan fingerprint density at radius 3 is 2.81 bits per heavy atom. The highest BCUT2D eigenvalue weighted by atomic mass is 16.5. The van der Waals surface area contributed by atoms with Gasteiger partial charge in [-0.3, -0.25) is 0 Å². The van der Waals surface area contributed by atoms with E-state index in [1.54, 1.807) is 0 Å². The van der Waals surface area contributed by atoms with E-state index in [1.165, 1.54) is 38.5 Å².